The maximum atomic E-state index is 10.4. The molecule has 1 atom stereocenters. The second-order valence-corrected chi connectivity index (χ2v) is 3.20. The standard InChI is InChI=1S/C10H12N2O2/c13-7-8-1-2-9(12-5-8)10-6-11-3-4-14-10/h1-2,5,7,10-11H,3-4,6H2. The van der Waals surface area contributed by atoms with Gasteiger partial charge in [-0.3, -0.25) is 9.78 Å². The summed E-state index contributed by atoms with van der Waals surface area (Å²) in [6.07, 6.45) is 2.38. The molecule has 4 heteroatoms. The molecule has 1 aliphatic heterocycles. The number of aldehydes is 1. The fraction of sp³-hybridized carbons (Fsp3) is 0.400. The van der Waals surface area contributed by atoms with E-state index >= 15 is 0 Å². The highest BCUT2D eigenvalue weighted by Crippen LogP contribution is 2.15. The van der Waals surface area contributed by atoms with E-state index in [1.54, 1.807) is 12.3 Å². The molecule has 1 saturated heterocycles. The molecule has 0 aliphatic carbocycles. The van der Waals surface area contributed by atoms with E-state index in [0.717, 1.165) is 25.1 Å². The van der Waals surface area contributed by atoms with Gasteiger partial charge in [-0.15, -0.1) is 0 Å². The van der Waals surface area contributed by atoms with Gasteiger partial charge in [0.05, 0.1) is 12.3 Å². The van der Waals surface area contributed by atoms with Crippen molar-refractivity contribution in [3.8, 4) is 0 Å². The highest BCUT2D eigenvalue weighted by atomic mass is 16.5. The smallest absolute Gasteiger partial charge is 0.151 e. The first-order valence-corrected chi connectivity index (χ1v) is 4.63. The summed E-state index contributed by atoms with van der Waals surface area (Å²) in [7, 11) is 0. The minimum absolute atomic E-state index is 0.0180. The van der Waals surface area contributed by atoms with E-state index < -0.39 is 0 Å². The predicted octanol–water partition coefficient (Wildman–Crippen LogP) is 0.555. The minimum atomic E-state index is 0.0180. The number of carbonyl (C=O) groups is 1. The third-order valence-corrected chi connectivity index (χ3v) is 2.20. The van der Waals surface area contributed by atoms with Crippen LogP contribution in [-0.4, -0.2) is 31.0 Å². The number of nitrogens with one attached hydrogen (secondary N) is 1. The lowest BCUT2D eigenvalue weighted by Gasteiger charge is -2.22. The molecule has 0 saturated carbocycles. The molecule has 0 amide bonds. The van der Waals surface area contributed by atoms with Gasteiger partial charge in [-0.05, 0) is 12.1 Å². The molecule has 2 heterocycles. The fourth-order valence-electron chi connectivity index (χ4n) is 1.43. The molecular formula is C10H12N2O2. The van der Waals surface area contributed by atoms with Gasteiger partial charge >= 0.3 is 0 Å². The Morgan fingerprint density at radius 1 is 1.57 bits per heavy atom. The first-order valence-electron chi connectivity index (χ1n) is 4.63. The van der Waals surface area contributed by atoms with Crippen LogP contribution < -0.4 is 5.32 Å². The highest BCUT2D eigenvalue weighted by molar-refractivity contribution is 5.73. The Hall–Kier alpha value is -1.26. The van der Waals surface area contributed by atoms with Crippen molar-refractivity contribution in [1.82, 2.24) is 10.3 Å². The maximum Gasteiger partial charge on any atom is 0.151 e. The zero-order valence-corrected chi connectivity index (χ0v) is 7.77. The van der Waals surface area contributed by atoms with E-state index in [1.807, 2.05) is 6.07 Å². The maximum absolute atomic E-state index is 10.4. The van der Waals surface area contributed by atoms with Crippen LogP contribution in [0.4, 0.5) is 0 Å². The Balaban J connectivity index is 2.11. The predicted molar refractivity (Wildman–Crippen MR) is 51.2 cm³/mol. The van der Waals surface area contributed by atoms with Crippen LogP contribution in [-0.2, 0) is 4.74 Å². The Morgan fingerprint density at radius 3 is 3.07 bits per heavy atom. The van der Waals surface area contributed by atoms with Crippen molar-refractivity contribution in [3.63, 3.8) is 0 Å². The van der Waals surface area contributed by atoms with Crippen LogP contribution >= 0.6 is 0 Å². The molecule has 14 heavy (non-hydrogen) atoms. The van der Waals surface area contributed by atoms with E-state index in [4.69, 9.17) is 4.74 Å². The summed E-state index contributed by atoms with van der Waals surface area (Å²) in [5.41, 5.74) is 1.47. The van der Waals surface area contributed by atoms with E-state index in [-0.39, 0.29) is 6.10 Å². The number of rotatable bonds is 2. The van der Waals surface area contributed by atoms with E-state index in [2.05, 4.69) is 10.3 Å². The van der Waals surface area contributed by atoms with E-state index in [1.165, 1.54) is 0 Å². The number of hydrogen-bond donors (Lipinski definition) is 1. The molecule has 4 nitrogen and oxygen atoms in total. The molecule has 1 fully saturated rings. The number of hydrogen-bond acceptors (Lipinski definition) is 4. The summed E-state index contributed by atoms with van der Waals surface area (Å²) in [5, 5.41) is 3.23. The summed E-state index contributed by atoms with van der Waals surface area (Å²) in [6.45, 7) is 2.39. The number of morpholine rings is 1. The van der Waals surface area contributed by atoms with Crippen LogP contribution in [0.3, 0.4) is 0 Å². The molecule has 0 bridgehead atoms. The van der Waals surface area contributed by atoms with Crippen LogP contribution in [0.25, 0.3) is 0 Å². The van der Waals surface area contributed by atoms with Crippen molar-refractivity contribution in [2.24, 2.45) is 0 Å². The van der Waals surface area contributed by atoms with Crippen LogP contribution in [0.5, 0.6) is 0 Å². The van der Waals surface area contributed by atoms with Crippen LogP contribution in [0.2, 0.25) is 0 Å². The second kappa shape index (κ2) is 4.30. The first kappa shape index (κ1) is 9.30. The molecule has 1 unspecified atom stereocenters. The quantitative estimate of drug-likeness (QED) is 0.695. The average Bonchev–Trinajstić information content (AvgIpc) is 2.30. The normalized spacial score (nSPS) is 21.9. The zero-order valence-electron chi connectivity index (χ0n) is 7.77. The molecule has 74 valence electrons. The molecule has 1 aliphatic rings. The molecule has 2 rings (SSSR count). The Kier molecular flexibility index (Phi) is 2.86. The molecule has 1 aromatic rings. The largest absolute Gasteiger partial charge is 0.369 e. The van der Waals surface area contributed by atoms with Crippen molar-refractivity contribution < 1.29 is 9.53 Å². The van der Waals surface area contributed by atoms with Gasteiger partial charge in [0.2, 0.25) is 0 Å². The van der Waals surface area contributed by atoms with Crippen molar-refractivity contribution in [3.05, 3.63) is 29.6 Å². The van der Waals surface area contributed by atoms with Gasteiger partial charge in [0.25, 0.3) is 0 Å². The zero-order chi connectivity index (χ0) is 9.80. The van der Waals surface area contributed by atoms with E-state index in [9.17, 15) is 4.79 Å². The van der Waals surface area contributed by atoms with Gasteiger partial charge in [0.15, 0.2) is 6.29 Å². The molecule has 0 aromatic carbocycles. The summed E-state index contributed by atoms with van der Waals surface area (Å²) < 4.78 is 5.52. The molecule has 1 N–H and O–H groups in total. The van der Waals surface area contributed by atoms with Gasteiger partial charge in [0.1, 0.15) is 6.10 Å². The number of pyridine rings is 1. The van der Waals surface area contributed by atoms with Gasteiger partial charge in [-0.25, -0.2) is 0 Å². The summed E-state index contributed by atoms with van der Waals surface area (Å²) in [6, 6.07) is 3.59. The Morgan fingerprint density at radius 2 is 2.50 bits per heavy atom. The van der Waals surface area contributed by atoms with Gasteiger partial charge in [-0.2, -0.15) is 0 Å². The van der Waals surface area contributed by atoms with Crippen LogP contribution in [0, 0.1) is 0 Å². The molecule has 0 radical (unpaired) electrons. The van der Waals surface area contributed by atoms with Gasteiger partial charge in [-0.1, -0.05) is 0 Å². The molecule has 0 spiro atoms. The lowest BCUT2D eigenvalue weighted by atomic mass is 10.2. The summed E-state index contributed by atoms with van der Waals surface area (Å²) >= 11 is 0. The van der Waals surface area contributed by atoms with Crippen molar-refractivity contribution >= 4 is 6.29 Å². The van der Waals surface area contributed by atoms with Crippen LogP contribution in [0.15, 0.2) is 18.3 Å². The Labute approximate surface area is 82.3 Å². The number of aromatic nitrogens is 1. The molecule has 1 aromatic heterocycles. The second-order valence-electron chi connectivity index (χ2n) is 3.20. The molecular weight excluding hydrogens is 180 g/mol. The van der Waals surface area contributed by atoms with Gasteiger partial charge in [0, 0.05) is 24.8 Å². The van der Waals surface area contributed by atoms with Crippen molar-refractivity contribution in [1.29, 1.82) is 0 Å². The summed E-state index contributed by atoms with van der Waals surface area (Å²) in [5.74, 6) is 0. The van der Waals surface area contributed by atoms with Crippen molar-refractivity contribution in [2.75, 3.05) is 19.7 Å². The third-order valence-electron chi connectivity index (χ3n) is 2.20. The average molecular weight is 192 g/mol. The first-order chi connectivity index (χ1) is 6.90. The lowest BCUT2D eigenvalue weighted by molar-refractivity contribution is 0.0250. The minimum Gasteiger partial charge on any atom is -0.369 e. The van der Waals surface area contributed by atoms with Crippen molar-refractivity contribution in [2.45, 2.75) is 6.10 Å². The van der Waals surface area contributed by atoms with E-state index in [0.29, 0.717) is 12.2 Å². The van der Waals surface area contributed by atoms with Crippen LogP contribution in [0.1, 0.15) is 22.2 Å². The fourth-order valence-corrected chi connectivity index (χ4v) is 1.43. The topological polar surface area (TPSA) is 51.2 Å². The third kappa shape index (κ3) is 1.97. The SMILES string of the molecule is O=Cc1ccc(C2CNCCO2)nc1. The Bertz CT molecular complexity index is 304. The number of nitrogens with zero attached hydrogens (tertiary/aromatic N) is 1. The number of carbonyl (C=O) groups excluding carboxylic acids is 1. The van der Waals surface area contributed by atoms with Gasteiger partial charge < -0.3 is 10.1 Å². The summed E-state index contributed by atoms with van der Waals surface area (Å²) in [4.78, 5) is 14.6. The highest BCUT2D eigenvalue weighted by Gasteiger charge is 2.16. The number of ether oxygens (including phenoxy) is 1. The lowest BCUT2D eigenvalue weighted by Crippen LogP contribution is -2.33. The monoisotopic (exact) mass is 192 g/mol.